The van der Waals surface area contributed by atoms with Gasteiger partial charge in [-0.3, -0.25) is 14.1 Å². The van der Waals surface area contributed by atoms with Crippen LogP contribution in [0.3, 0.4) is 0 Å². The second-order valence-corrected chi connectivity index (χ2v) is 13.8. The molecule has 45 heavy (non-hydrogen) atoms. The lowest BCUT2D eigenvalue weighted by molar-refractivity contribution is 0.178. The number of H-pyrrole nitrogens is 2. The van der Waals surface area contributed by atoms with Crippen LogP contribution in [0.1, 0.15) is 63.1 Å². The Hall–Kier alpha value is -4.25. The van der Waals surface area contributed by atoms with Gasteiger partial charge in [0.2, 0.25) is 0 Å². The molecule has 6 rings (SSSR count). The van der Waals surface area contributed by atoms with Gasteiger partial charge in [-0.2, -0.15) is 0 Å². The third-order valence-corrected chi connectivity index (χ3v) is 10.4. The lowest BCUT2D eigenvalue weighted by atomic mass is 10.0. The van der Waals surface area contributed by atoms with Gasteiger partial charge in [-0.25, -0.2) is 13.2 Å². The normalized spacial score (nSPS) is 16.7. The van der Waals surface area contributed by atoms with E-state index in [0.29, 0.717) is 35.9 Å². The first-order valence-electron chi connectivity index (χ1n) is 15.9. The van der Waals surface area contributed by atoms with Gasteiger partial charge in [0.15, 0.2) is 0 Å². The summed E-state index contributed by atoms with van der Waals surface area (Å²) in [5.41, 5.74) is 3.14. The van der Waals surface area contributed by atoms with Gasteiger partial charge in [0.1, 0.15) is 17.5 Å². The molecule has 0 radical (unpaired) electrons. The second-order valence-electron chi connectivity index (χ2n) is 12.1. The van der Waals surface area contributed by atoms with Crippen LogP contribution in [0.15, 0.2) is 81.5 Å². The maximum atomic E-state index is 13.2. The third kappa shape index (κ3) is 7.19. The van der Waals surface area contributed by atoms with Gasteiger partial charge >= 0.3 is 5.69 Å². The third-order valence-electron chi connectivity index (χ3n) is 9.02. The molecule has 1 saturated carbocycles. The van der Waals surface area contributed by atoms with Crippen LogP contribution in [0.4, 0.5) is 11.4 Å². The van der Waals surface area contributed by atoms with Crippen molar-refractivity contribution in [3.05, 3.63) is 99.1 Å². The fourth-order valence-electron chi connectivity index (χ4n) is 6.59. The smallest absolute Gasteiger partial charge is 0.330 e. The number of imidazole rings is 1. The number of hydrogen-bond acceptors (Lipinski definition) is 6. The second kappa shape index (κ2) is 13.4. The predicted octanol–water partition coefficient (Wildman–Crippen LogP) is 5.39. The van der Waals surface area contributed by atoms with Crippen LogP contribution in [-0.4, -0.2) is 42.1 Å². The Morgan fingerprint density at radius 2 is 1.84 bits per heavy atom. The number of hydrogen-bond donors (Lipinski definition) is 3. The summed E-state index contributed by atoms with van der Waals surface area (Å²) in [6.45, 7) is 3.25. The number of ether oxygens (including phenoxy) is 1. The van der Waals surface area contributed by atoms with Crippen molar-refractivity contribution in [2.24, 2.45) is 5.92 Å². The first-order chi connectivity index (χ1) is 21.8. The summed E-state index contributed by atoms with van der Waals surface area (Å²) in [4.78, 5) is 32.7. The van der Waals surface area contributed by atoms with Crippen LogP contribution in [0.25, 0.3) is 5.69 Å². The SMILES string of the molecule is CCN(CC1CCc2cc(NS(=O)(=O)c3ccc(-n4cc(CCCC5CCCC5)[nH]c4=O)cc3)ccc2O1)c1ccc[nH]c1=O. The van der Waals surface area contributed by atoms with Gasteiger partial charge in [0.05, 0.1) is 17.1 Å². The maximum Gasteiger partial charge on any atom is 0.330 e. The number of anilines is 2. The number of pyridine rings is 1. The average Bonchev–Trinajstić information content (AvgIpc) is 3.70. The number of rotatable bonds is 12. The molecule has 1 unspecified atom stereocenters. The van der Waals surface area contributed by atoms with Crippen molar-refractivity contribution in [2.45, 2.75) is 75.7 Å². The van der Waals surface area contributed by atoms with Crippen molar-refractivity contribution in [3.63, 3.8) is 0 Å². The first kappa shape index (κ1) is 30.8. The molecular formula is C34H41N5O5S. The van der Waals surface area contributed by atoms with Crippen molar-refractivity contribution in [1.82, 2.24) is 14.5 Å². The van der Waals surface area contributed by atoms with E-state index in [1.54, 1.807) is 36.5 Å². The quantitative estimate of drug-likeness (QED) is 0.192. The predicted molar refractivity (Wildman–Crippen MR) is 176 cm³/mol. The van der Waals surface area contributed by atoms with E-state index in [1.807, 2.05) is 30.2 Å². The highest BCUT2D eigenvalue weighted by atomic mass is 32.2. The number of sulfonamides is 1. The molecule has 1 atom stereocenters. The van der Waals surface area contributed by atoms with E-state index >= 15 is 0 Å². The van der Waals surface area contributed by atoms with Gasteiger partial charge in [0.25, 0.3) is 15.6 Å². The topological polar surface area (TPSA) is 129 Å². The number of aromatic amines is 2. The molecule has 0 amide bonds. The van der Waals surface area contributed by atoms with Gasteiger partial charge in [-0.05, 0) is 98.7 Å². The summed E-state index contributed by atoms with van der Waals surface area (Å²) in [6.07, 6.45) is 13.2. The van der Waals surface area contributed by atoms with Gasteiger partial charge < -0.3 is 19.6 Å². The molecular weight excluding hydrogens is 590 g/mol. The highest BCUT2D eigenvalue weighted by Crippen LogP contribution is 2.32. The number of fused-ring (bicyclic) bond motifs is 1. The summed E-state index contributed by atoms with van der Waals surface area (Å²) < 4.78 is 36.9. The summed E-state index contributed by atoms with van der Waals surface area (Å²) >= 11 is 0. The van der Waals surface area contributed by atoms with Crippen molar-refractivity contribution >= 4 is 21.4 Å². The fourth-order valence-corrected chi connectivity index (χ4v) is 7.63. The number of nitrogens with one attached hydrogen (secondary N) is 3. The number of benzene rings is 2. The minimum Gasteiger partial charge on any atom is -0.488 e. The van der Waals surface area contributed by atoms with Crippen LogP contribution in [0.2, 0.25) is 0 Å². The van der Waals surface area contributed by atoms with Crippen LogP contribution < -0.4 is 25.6 Å². The lowest BCUT2D eigenvalue weighted by Gasteiger charge is -2.31. The fraction of sp³-hybridized carbons (Fsp3) is 0.412. The van der Waals surface area contributed by atoms with Crippen molar-refractivity contribution in [2.75, 3.05) is 22.7 Å². The van der Waals surface area contributed by atoms with E-state index in [9.17, 15) is 18.0 Å². The van der Waals surface area contributed by atoms with Gasteiger partial charge in [-0.15, -0.1) is 0 Å². The van der Waals surface area contributed by atoms with E-state index in [-0.39, 0.29) is 22.2 Å². The van der Waals surface area contributed by atoms with E-state index in [0.717, 1.165) is 42.9 Å². The van der Waals surface area contributed by atoms with Crippen molar-refractivity contribution in [3.8, 4) is 11.4 Å². The molecule has 0 bridgehead atoms. The highest BCUT2D eigenvalue weighted by molar-refractivity contribution is 7.92. The molecule has 238 valence electrons. The molecule has 1 aliphatic heterocycles. The average molecular weight is 632 g/mol. The number of likely N-dealkylation sites (N-methyl/N-ethyl adjacent to an activating group) is 1. The Kier molecular flexibility index (Phi) is 9.16. The molecule has 0 saturated heterocycles. The molecule has 1 fully saturated rings. The minimum absolute atomic E-state index is 0.0985. The van der Waals surface area contributed by atoms with Crippen molar-refractivity contribution in [1.29, 1.82) is 0 Å². The molecule has 1 aliphatic carbocycles. The van der Waals surface area contributed by atoms with E-state index in [4.69, 9.17) is 4.74 Å². The first-order valence-corrected chi connectivity index (χ1v) is 17.4. The summed E-state index contributed by atoms with van der Waals surface area (Å²) in [5, 5.41) is 0. The largest absolute Gasteiger partial charge is 0.488 e. The zero-order chi connectivity index (χ0) is 31.4. The molecule has 3 N–H and O–H groups in total. The standard InChI is InChI=1S/C34H41N5O5S/c1-2-38(31-11-6-20-35-33(31)40)23-29-16-12-25-21-26(13-19-32(25)44-29)37-45(42,43)30-17-14-28(15-18-30)39-22-27(36-34(39)41)10-5-9-24-7-3-4-8-24/h6,11,13-15,17-22,24,29,37H,2-5,7-10,12,16,23H2,1H3,(H,35,40)(H,36,41). The van der Waals surface area contributed by atoms with Gasteiger partial charge in [0, 0.05) is 30.3 Å². The van der Waals surface area contributed by atoms with Crippen molar-refractivity contribution < 1.29 is 13.2 Å². The van der Waals surface area contributed by atoms with Crippen LogP contribution in [0.5, 0.6) is 5.75 Å². The Bertz CT molecular complexity index is 1840. The summed E-state index contributed by atoms with van der Waals surface area (Å²) in [5.74, 6) is 1.53. The molecule has 4 aromatic rings. The molecule has 2 aliphatic rings. The van der Waals surface area contributed by atoms with Crippen LogP contribution in [-0.2, 0) is 22.9 Å². The van der Waals surface area contributed by atoms with E-state index in [2.05, 4.69) is 14.7 Å². The van der Waals surface area contributed by atoms with E-state index < -0.39 is 10.0 Å². The Balaban J connectivity index is 1.07. The van der Waals surface area contributed by atoms with Crippen LogP contribution >= 0.6 is 0 Å². The molecule has 0 spiro atoms. The molecule has 10 nitrogen and oxygen atoms in total. The zero-order valence-corrected chi connectivity index (χ0v) is 26.4. The lowest BCUT2D eigenvalue weighted by Crippen LogP contribution is -2.39. The van der Waals surface area contributed by atoms with E-state index in [1.165, 1.54) is 48.8 Å². The number of aryl methyl sites for hydroxylation is 2. The molecule has 2 aromatic carbocycles. The summed E-state index contributed by atoms with van der Waals surface area (Å²) in [6, 6.07) is 15.2. The Morgan fingerprint density at radius 1 is 1.04 bits per heavy atom. The highest BCUT2D eigenvalue weighted by Gasteiger charge is 2.24. The summed E-state index contributed by atoms with van der Waals surface area (Å²) in [7, 11) is -3.85. The Labute approximate surface area is 263 Å². The number of aromatic nitrogens is 3. The maximum absolute atomic E-state index is 13.2. The molecule has 3 heterocycles. The number of nitrogens with zero attached hydrogens (tertiary/aromatic N) is 2. The van der Waals surface area contributed by atoms with Crippen LogP contribution in [0, 0.1) is 5.92 Å². The molecule has 2 aromatic heterocycles. The minimum atomic E-state index is -3.85. The zero-order valence-electron chi connectivity index (χ0n) is 25.6. The monoisotopic (exact) mass is 631 g/mol. The Morgan fingerprint density at radius 3 is 2.60 bits per heavy atom. The van der Waals surface area contributed by atoms with Gasteiger partial charge in [-0.1, -0.05) is 32.1 Å². The molecule has 11 heteroatoms.